The molecule has 0 bridgehead atoms. The minimum atomic E-state index is 0.514. The van der Waals surface area contributed by atoms with E-state index < -0.39 is 0 Å². The van der Waals surface area contributed by atoms with Crippen LogP contribution in [0.3, 0.4) is 0 Å². The maximum Gasteiger partial charge on any atom is 0.223 e. The third-order valence-corrected chi connectivity index (χ3v) is 3.12. The van der Waals surface area contributed by atoms with Crippen molar-refractivity contribution in [3.05, 3.63) is 40.2 Å². The maximum absolute atomic E-state index is 5.32. The number of nitrogens with zero attached hydrogens (tertiary/aromatic N) is 3. The number of hydrogen-bond acceptors (Lipinski definition) is 4. The summed E-state index contributed by atoms with van der Waals surface area (Å²) in [6.45, 7) is 4.34. The lowest BCUT2D eigenvalue weighted by Gasteiger charge is -2.01. The number of hydrogen-bond donors (Lipinski definition) is 1. The quantitative estimate of drug-likeness (QED) is 0.720. The van der Waals surface area contributed by atoms with Gasteiger partial charge in [-0.2, -0.15) is 4.98 Å². The zero-order chi connectivity index (χ0) is 12.7. The average molecular weight is 260 g/mol. The summed E-state index contributed by atoms with van der Waals surface area (Å²) in [5, 5.41) is 3.89. The van der Waals surface area contributed by atoms with Crippen molar-refractivity contribution in [3.63, 3.8) is 0 Å². The molecule has 0 spiro atoms. The number of aryl methyl sites for hydroxylation is 2. The van der Waals surface area contributed by atoms with Crippen LogP contribution in [0, 0.1) is 18.6 Å². The van der Waals surface area contributed by atoms with Gasteiger partial charge in [0.05, 0.1) is 17.6 Å². The van der Waals surface area contributed by atoms with Crippen LogP contribution in [0.2, 0.25) is 0 Å². The Balaban J connectivity index is 2.13. The standard InChI is InChI=1S/C12H12N4OS/c1-7-3-4-9-10(5-7)16(12(18)14-9)6-11-13-8(2)17-15-11/h3-5H,6H2,1-2H3,(H,14,18). The second-order valence-corrected chi connectivity index (χ2v) is 4.65. The highest BCUT2D eigenvalue weighted by Crippen LogP contribution is 2.16. The molecule has 3 rings (SSSR count). The highest BCUT2D eigenvalue weighted by atomic mass is 32.1. The molecule has 0 atom stereocenters. The lowest BCUT2D eigenvalue weighted by atomic mass is 10.2. The molecule has 0 amide bonds. The minimum absolute atomic E-state index is 0.514. The van der Waals surface area contributed by atoms with E-state index in [1.165, 1.54) is 5.56 Å². The van der Waals surface area contributed by atoms with E-state index in [1.807, 2.05) is 10.6 Å². The Labute approximate surface area is 108 Å². The first-order chi connectivity index (χ1) is 8.63. The van der Waals surface area contributed by atoms with Crippen LogP contribution in [0.4, 0.5) is 0 Å². The first kappa shape index (κ1) is 11.2. The number of fused-ring (bicyclic) bond motifs is 1. The molecule has 2 heterocycles. The molecule has 3 aromatic rings. The molecule has 0 radical (unpaired) electrons. The average Bonchev–Trinajstić information content (AvgIpc) is 2.86. The van der Waals surface area contributed by atoms with Crippen molar-refractivity contribution in [1.29, 1.82) is 0 Å². The van der Waals surface area contributed by atoms with Gasteiger partial charge in [0.1, 0.15) is 0 Å². The predicted molar refractivity (Wildman–Crippen MR) is 70.0 cm³/mol. The fourth-order valence-electron chi connectivity index (χ4n) is 1.97. The van der Waals surface area contributed by atoms with Crippen LogP contribution in [-0.4, -0.2) is 19.7 Å². The van der Waals surface area contributed by atoms with E-state index in [0.29, 0.717) is 23.0 Å². The second kappa shape index (κ2) is 4.06. The Morgan fingerprint density at radius 3 is 2.94 bits per heavy atom. The van der Waals surface area contributed by atoms with E-state index in [9.17, 15) is 0 Å². The van der Waals surface area contributed by atoms with Crippen molar-refractivity contribution in [1.82, 2.24) is 19.7 Å². The lowest BCUT2D eigenvalue weighted by Crippen LogP contribution is -2.01. The van der Waals surface area contributed by atoms with E-state index in [-0.39, 0.29) is 0 Å². The monoisotopic (exact) mass is 260 g/mol. The molecule has 1 N–H and O–H groups in total. The normalized spacial score (nSPS) is 11.2. The summed E-state index contributed by atoms with van der Waals surface area (Å²) in [4.78, 5) is 7.37. The number of aromatic nitrogens is 4. The molecule has 0 aliphatic rings. The first-order valence-electron chi connectivity index (χ1n) is 5.62. The molecule has 92 valence electrons. The van der Waals surface area contributed by atoms with Gasteiger partial charge in [0, 0.05) is 6.92 Å². The molecule has 0 aliphatic heterocycles. The molecule has 0 aliphatic carbocycles. The Morgan fingerprint density at radius 1 is 1.39 bits per heavy atom. The van der Waals surface area contributed by atoms with Crippen LogP contribution >= 0.6 is 12.2 Å². The van der Waals surface area contributed by atoms with Gasteiger partial charge in [0.2, 0.25) is 5.89 Å². The zero-order valence-electron chi connectivity index (χ0n) is 10.1. The van der Waals surface area contributed by atoms with Gasteiger partial charge in [-0.1, -0.05) is 11.2 Å². The van der Waals surface area contributed by atoms with Gasteiger partial charge < -0.3 is 14.1 Å². The Kier molecular flexibility index (Phi) is 2.52. The van der Waals surface area contributed by atoms with Crippen LogP contribution in [-0.2, 0) is 6.54 Å². The summed E-state index contributed by atoms with van der Waals surface area (Å²) in [5.74, 6) is 1.19. The summed E-state index contributed by atoms with van der Waals surface area (Å²) >= 11 is 5.32. The first-order valence-corrected chi connectivity index (χ1v) is 6.02. The van der Waals surface area contributed by atoms with Gasteiger partial charge in [-0.25, -0.2) is 0 Å². The molecular formula is C12H12N4OS. The Bertz CT molecular complexity index is 768. The SMILES string of the molecule is Cc1ccc2[nH]c(=S)n(Cc3noc(C)n3)c2c1. The highest BCUT2D eigenvalue weighted by Gasteiger charge is 2.08. The number of benzene rings is 1. The number of aromatic amines is 1. The largest absolute Gasteiger partial charge is 0.340 e. The maximum atomic E-state index is 5.32. The zero-order valence-corrected chi connectivity index (χ0v) is 10.9. The number of rotatable bonds is 2. The van der Waals surface area contributed by atoms with Crippen molar-refractivity contribution in [2.45, 2.75) is 20.4 Å². The summed E-state index contributed by atoms with van der Waals surface area (Å²) in [6, 6.07) is 6.17. The van der Waals surface area contributed by atoms with Gasteiger partial charge >= 0.3 is 0 Å². The third kappa shape index (κ3) is 1.84. The van der Waals surface area contributed by atoms with E-state index in [0.717, 1.165) is 11.0 Å². The fraction of sp³-hybridized carbons (Fsp3) is 0.250. The van der Waals surface area contributed by atoms with Gasteiger partial charge in [0.15, 0.2) is 10.6 Å². The number of imidazole rings is 1. The molecule has 5 nitrogen and oxygen atoms in total. The van der Waals surface area contributed by atoms with Crippen molar-refractivity contribution in [2.24, 2.45) is 0 Å². The van der Waals surface area contributed by atoms with Crippen molar-refractivity contribution in [3.8, 4) is 0 Å². The molecule has 18 heavy (non-hydrogen) atoms. The summed E-state index contributed by atoms with van der Waals surface area (Å²) < 4.78 is 7.61. The molecule has 0 fully saturated rings. The Hall–Kier alpha value is -1.95. The fourth-order valence-corrected chi connectivity index (χ4v) is 2.24. The smallest absolute Gasteiger partial charge is 0.223 e. The second-order valence-electron chi connectivity index (χ2n) is 4.27. The van der Waals surface area contributed by atoms with Gasteiger partial charge in [-0.3, -0.25) is 0 Å². The van der Waals surface area contributed by atoms with Crippen LogP contribution in [0.15, 0.2) is 22.7 Å². The minimum Gasteiger partial charge on any atom is -0.340 e. The predicted octanol–water partition coefficient (Wildman–Crippen LogP) is 2.75. The lowest BCUT2D eigenvalue weighted by molar-refractivity contribution is 0.386. The topological polar surface area (TPSA) is 59.6 Å². The summed E-state index contributed by atoms with van der Waals surface area (Å²) in [5.41, 5.74) is 3.27. The molecular weight excluding hydrogens is 248 g/mol. The molecule has 1 aromatic carbocycles. The molecule has 0 unspecified atom stereocenters. The van der Waals surface area contributed by atoms with Crippen LogP contribution in [0.5, 0.6) is 0 Å². The van der Waals surface area contributed by atoms with Gasteiger partial charge in [0.25, 0.3) is 0 Å². The van der Waals surface area contributed by atoms with Gasteiger partial charge in [-0.05, 0) is 36.8 Å². The summed E-state index contributed by atoms with van der Waals surface area (Å²) in [7, 11) is 0. The summed E-state index contributed by atoms with van der Waals surface area (Å²) in [6.07, 6.45) is 0. The Morgan fingerprint density at radius 2 is 2.22 bits per heavy atom. The van der Waals surface area contributed by atoms with E-state index in [2.05, 4.69) is 34.2 Å². The van der Waals surface area contributed by atoms with Gasteiger partial charge in [-0.15, -0.1) is 0 Å². The van der Waals surface area contributed by atoms with E-state index >= 15 is 0 Å². The van der Waals surface area contributed by atoms with Crippen LogP contribution < -0.4 is 0 Å². The molecule has 0 saturated carbocycles. The molecule has 0 saturated heterocycles. The number of H-pyrrole nitrogens is 1. The molecule has 2 aromatic heterocycles. The third-order valence-electron chi connectivity index (χ3n) is 2.80. The van der Waals surface area contributed by atoms with Crippen molar-refractivity contribution in [2.75, 3.05) is 0 Å². The highest BCUT2D eigenvalue weighted by molar-refractivity contribution is 7.71. The number of nitrogens with one attached hydrogen (secondary N) is 1. The van der Waals surface area contributed by atoms with Crippen LogP contribution in [0.1, 0.15) is 17.3 Å². The molecule has 6 heteroatoms. The van der Waals surface area contributed by atoms with E-state index in [4.69, 9.17) is 16.7 Å². The van der Waals surface area contributed by atoms with Crippen LogP contribution in [0.25, 0.3) is 11.0 Å². The van der Waals surface area contributed by atoms with Crippen molar-refractivity contribution < 1.29 is 4.52 Å². The van der Waals surface area contributed by atoms with E-state index in [1.54, 1.807) is 6.92 Å². The van der Waals surface area contributed by atoms with Crippen molar-refractivity contribution >= 4 is 23.3 Å².